The number of carbonyl (C=O) groups is 2. The summed E-state index contributed by atoms with van der Waals surface area (Å²) in [6.07, 6.45) is 2.39. The standard InChI is InChI=1S/C22H24O4/c1-25-20(23)22(21(24)26-2)18(16-10-5-3-6-11-16)14-9-15-19(22)17-12-7-4-8-13-17/h3-8,10-13,18-19H,9,14-15H2,1-2H3. The maximum absolute atomic E-state index is 13.1. The first-order valence-electron chi connectivity index (χ1n) is 8.93. The van der Waals surface area contributed by atoms with E-state index in [1.165, 1.54) is 14.2 Å². The van der Waals surface area contributed by atoms with E-state index in [1.807, 2.05) is 60.7 Å². The molecular weight excluding hydrogens is 328 g/mol. The summed E-state index contributed by atoms with van der Waals surface area (Å²) in [5, 5.41) is 0. The Hall–Kier alpha value is -2.62. The second-order valence-corrected chi connectivity index (χ2v) is 6.71. The van der Waals surface area contributed by atoms with Gasteiger partial charge in [0.15, 0.2) is 5.41 Å². The fourth-order valence-electron chi connectivity index (χ4n) is 4.44. The molecule has 1 aliphatic rings. The van der Waals surface area contributed by atoms with Crippen molar-refractivity contribution < 1.29 is 19.1 Å². The molecule has 136 valence electrons. The Morgan fingerprint density at radius 3 is 1.50 bits per heavy atom. The second kappa shape index (κ2) is 7.73. The molecule has 0 saturated heterocycles. The van der Waals surface area contributed by atoms with Gasteiger partial charge < -0.3 is 9.47 Å². The Kier molecular flexibility index (Phi) is 5.40. The van der Waals surface area contributed by atoms with Crippen LogP contribution in [0.3, 0.4) is 0 Å². The third-order valence-electron chi connectivity index (χ3n) is 5.54. The van der Waals surface area contributed by atoms with E-state index in [0.29, 0.717) is 0 Å². The van der Waals surface area contributed by atoms with E-state index in [0.717, 1.165) is 30.4 Å². The fourth-order valence-corrected chi connectivity index (χ4v) is 4.44. The minimum Gasteiger partial charge on any atom is -0.468 e. The molecular formula is C22H24O4. The number of carbonyl (C=O) groups excluding carboxylic acids is 2. The van der Waals surface area contributed by atoms with E-state index in [2.05, 4.69) is 0 Å². The predicted molar refractivity (Wildman–Crippen MR) is 98.7 cm³/mol. The van der Waals surface area contributed by atoms with E-state index in [4.69, 9.17) is 9.47 Å². The van der Waals surface area contributed by atoms with Gasteiger partial charge in [-0.2, -0.15) is 0 Å². The van der Waals surface area contributed by atoms with Crippen LogP contribution in [0.5, 0.6) is 0 Å². The molecule has 4 heteroatoms. The van der Waals surface area contributed by atoms with Crippen molar-refractivity contribution in [2.45, 2.75) is 31.1 Å². The molecule has 2 aromatic rings. The highest BCUT2D eigenvalue weighted by atomic mass is 16.5. The fraction of sp³-hybridized carbons (Fsp3) is 0.364. The highest BCUT2D eigenvalue weighted by Gasteiger charge is 2.61. The number of rotatable bonds is 4. The van der Waals surface area contributed by atoms with E-state index in [-0.39, 0.29) is 11.8 Å². The van der Waals surface area contributed by atoms with Crippen LogP contribution in [0.2, 0.25) is 0 Å². The first kappa shape index (κ1) is 18.2. The van der Waals surface area contributed by atoms with Crippen LogP contribution in [0.1, 0.15) is 42.2 Å². The monoisotopic (exact) mass is 352 g/mol. The van der Waals surface area contributed by atoms with Crippen molar-refractivity contribution in [2.24, 2.45) is 5.41 Å². The molecule has 0 amide bonds. The van der Waals surface area contributed by atoms with Gasteiger partial charge in [0.2, 0.25) is 0 Å². The topological polar surface area (TPSA) is 52.6 Å². The predicted octanol–water partition coefficient (Wildman–Crippen LogP) is 4.07. The summed E-state index contributed by atoms with van der Waals surface area (Å²) >= 11 is 0. The van der Waals surface area contributed by atoms with Crippen molar-refractivity contribution in [3.63, 3.8) is 0 Å². The molecule has 3 rings (SSSR count). The van der Waals surface area contributed by atoms with Gasteiger partial charge in [-0.3, -0.25) is 9.59 Å². The molecule has 0 spiro atoms. The second-order valence-electron chi connectivity index (χ2n) is 6.71. The van der Waals surface area contributed by atoms with Crippen LogP contribution >= 0.6 is 0 Å². The Bertz CT molecular complexity index is 689. The summed E-state index contributed by atoms with van der Waals surface area (Å²) in [7, 11) is 2.68. The van der Waals surface area contributed by atoms with Gasteiger partial charge in [-0.25, -0.2) is 0 Å². The van der Waals surface area contributed by atoms with Crippen LogP contribution in [-0.2, 0) is 19.1 Å². The van der Waals surface area contributed by atoms with Crippen molar-refractivity contribution in [1.29, 1.82) is 0 Å². The zero-order valence-electron chi connectivity index (χ0n) is 15.2. The SMILES string of the molecule is COC(=O)C1(C(=O)OC)C(c2ccccc2)CCCC1c1ccccc1. The zero-order valence-corrected chi connectivity index (χ0v) is 15.2. The molecule has 0 heterocycles. The minimum atomic E-state index is -1.38. The lowest BCUT2D eigenvalue weighted by atomic mass is 9.56. The lowest BCUT2D eigenvalue weighted by Gasteiger charge is -2.45. The van der Waals surface area contributed by atoms with Crippen LogP contribution in [0.4, 0.5) is 0 Å². The number of esters is 2. The van der Waals surface area contributed by atoms with E-state index in [9.17, 15) is 9.59 Å². The lowest BCUT2D eigenvalue weighted by molar-refractivity contribution is -0.175. The maximum Gasteiger partial charge on any atom is 0.324 e. The van der Waals surface area contributed by atoms with Crippen LogP contribution < -0.4 is 0 Å². The molecule has 1 aliphatic carbocycles. The molecule has 2 unspecified atom stereocenters. The Labute approximate surface area is 154 Å². The molecule has 26 heavy (non-hydrogen) atoms. The minimum absolute atomic E-state index is 0.289. The van der Waals surface area contributed by atoms with Gasteiger partial charge in [-0.05, 0) is 24.0 Å². The molecule has 0 radical (unpaired) electrons. The zero-order chi connectivity index (χ0) is 18.6. The highest BCUT2D eigenvalue weighted by Crippen LogP contribution is 2.56. The van der Waals surface area contributed by atoms with E-state index < -0.39 is 17.4 Å². The molecule has 0 aliphatic heterocycles. The van der Waals surface area contributed by atoms with Gasteiger partial charge in [-0.15, -0.1) is 0 Å². The molecule has 1 fully saturated rings. The number of methoxy groups -OCH3 is 2. The molecule has 0 aromatic heterocycles. The average molecular weight is 352 g/mol. The smallest absolute Gasteiger partial charge is 0.324 e. The van der Waals surface area contributed by atoms with Crippen molar-refractivity contribution >= 4 is 11.9 Å². The van der Waals surface area contributed by atoms with Gasteiger partial charge in [0.25, 0.3) is 0 Å². The van der Waals surface area contributed by atoms with Crippen LogP contribution in [0.25, 0.3) is 0 Å². The van der Waals surface area contributed by atoms with Crippen LogP contribution in [0, 0.1) is 5.41 Å². The molecule has 1 saturated carbocycles. The van der Waals surface area contributed by atoms with Gasteiger partial charge in [-0.1, -0.05) is 67.1 Å². The third-order valence-corrected chi connectivity index (χ3v) is 5.54. The lowest BCUT2D eigenvalue weighted by Crippen LogP contribution is -2.52. The molecule has 0 N–H and O–H groups in total. The molecule has 0 bridgehead atoms. The summed E-state index contributed by atoms with van der Waals surface area (Å²) in [4.78, 5) is 26.3. The molecule has 2 atom stereocenters. The Morgan fingerprint density at radius 1 is 0.769 bits per heavy atom. The van der Waals surface area contributed by atoms with Gasteiger partial charge in [0, 0.05) is 11.8 Å². The van der Waals surface area contributed by atoms with Gasteiger partial charge in [0.1, 0.15) is 0 Å². The average Bonchev–Trinajstić information content (AvgIpc) is 2.73. The third kappa shape index (κ3) is 2.90. The largest absolute Gasteiger partial charge is 0.468 e. The first-order valence-corrected chi connectivity index (χ1v) is 8.93. The number of ether oxygens (including phenoxy) is 2. The van der Waals surface area contributed by atoms with Crippen molar-refractivity contribution in [3.05, 3.63) is 71.8 Å². The van der Waals surface area contributed by atoms with Crippen molar-refractivity contribution in [1.82, 2.24) is 0 Å². The number of benzene rings is 2. The normalized spacial score (nSPS) is 21.6. The molecule has 4 nitrogen and oxygen atoms in total. The summed E-state index contributed by atoms with van der Waals surface area (Å²) in [6, 6.07) is 19.5. The highest BCUT2D eigenvalue weighted by molar-refractivity contribution is 6.02. The van der Waals surface area contributed by atoms with Crippen molar-refractivity contribution in [3.8, 4) is 0 Å². The summed E-state index contributed by atoms with van der Waals surface area (Å²) in [5.74, 6) is -1.62. The van der Waals surface area contributed by atoms with Crippen LogP contribution in [0.15, 0.2) is 60.7 Å². The maximum atomic E-state index is 13.1. The Balaban J connectivity index is 2.23. The van der Waals surface area contributed by atoms with Crippen LogP contribution in [-0.4, -0.2) is 26.2 Å². The van der Waals surface area contributed by atoms with Gasteiger partial charge in [0.05, 0.1) is 14.2 Å². The van der Waals surface area contributed by atoms with Crippen molar-refractivity contribution in [2.75, 3.05) is 14.2 Å². The Morgan fingerprint density at radius 2 is 1.15 bits per heavy atom. The first-order chi connectivity index (χ1) is 12.7. The number of hydrogen-bond donors (Lipinski definition) is 0. The summed E-state index contributed by atoms with van der Waals surface area (Å²) < 4.78 is 10.4. The number of hydrogen-bond acceptors (Lipinski definition) is 4. The summed E-state index contributed by atoms with van der Waals surface area (Å²) in [6.45, 7) is 0. The van der Waals surface area contributed by atoms with Gasteiger partial charge >= 0.3 is 11.9 Å². The quantitative estimate of drug-likeness (QED) is 0.615. The van der Waals surface area contributed by atoms with E-state index in [1.54, 1.807) is 0 Å². The molecule has 2 aromatic carbocycles. The van der Waals surface area contributed by atoms with E-state index >= 15 is 0 Å². The summed E-state index contributed by atoms with van der Waals surface area (Å²) in [5.41, 5.74) is 0.539.